The molecule has 3 heterocycles. The molecule has 2 aliphatic rings. The number of piperidine rings is 1. The summed E-state index contributed by atoms with van der Waals surface area (Å²) in [4.78, 5) is 27.4. The molecule has 23 heavy (non-hydrogen) atoms. The Bertz CT molecular complexity index is 733. The van der Waals surface area contributed by atoms with Crippen molar-refractivity contribution < 1.29 is 9.90 Å². The number of hydrogen-bond acceptors (Lipinski definition) is 5. The molecule has 1 aliphatic carbocycles. The normalized spacial score (nSPS) is 27.1. The van der Waals surface area contributed by atoms with Crippen LogP contribution in [0, 0.1) is 17.8 Å². The van der Waals surface area contributed by atoms with E-state index in [0.717, 1.165) is 29.9 Å². The number of amides is 1. The van der Waals surface area contributed by atoms with Crippen LogP contribution in [0.5, 0.6) is 0 Å². The summed E-state index contributed by atoms with van der Waals surface area (Å²) >= 11 is 0. The molecule has 2 fully saturated rings. The van der Waals surface area contributed by atoms with Crippen LogP contribution in [-0.4, -0.2) is 63.7 Å². The number of nitrogens with zero attached hydrogens (tertiary/aromatic N) is 4. The van der Waals surface area contributed by atoms with Gasteiger partial charge in [0.25, 0.3) is 0 Å². The molecule has 0 aromatic carbocycles. The Hall–Kier alpha value is -2.15. The summed E-state index contributed by atoms with van der Waals surface area (Å²) < 4.78 is 0. The van der Waals surface area contributed by atoms with Gasteiger partial charge in [-0.2, -0.15) is 0 Å². The number of hydrogen-bond donors (Lipinski definition) is 2. The van der Waals surface area contributed by atoms with Gasteiger partial charge in [-0.3, -0.25) is 4.79 Å². The molecule has 2 aromatic heterocycles. The van der Waals surface area contributed by atoms with Gasteiger partial charge < -0.3 is 19.9 Å². The van der Waals surface area contributed by atoms with Crippen LogP contribution >= 0.6 is 0 Å². The maximum absolute atomic E-state index is 11.6. The molecular formula is C16H21N5O2. The van der Waals surface area contributed by atoms with Gasteiger partial charge >= 0.3 is 0 Å². The number of aliphatic hydroxyl groups is 1. The highest BCUT2D eigenvalue weighted by molar-refractivity contribution is 5.87. The summed E-state index contributed by atoms with van der Waals surface area (Å²) in [5.41, 5.74) is 0.852. The van der Waals surface area contributed by atoms with Crippen LogP contribution < -0.4 is 4.90 Å². The fourth-order valence-corrected chi connectivity index (χ4v) is 4.18. The van der Waals surface area contributed by atoms with Crippen molar-refractivity contribution in [1.29, 1.82) is 0 Å². The number of anilines is 1. The van der Waals surface area contributed by atoms with Crippen LogP contribution in [0.25, 0.3) is 11.0 Å². The van der Waals surface area contributed by atoms with Crippen LogP contribution in [0.15, 0.2) is 18.6 Å². The lowest BCUT2D eigenvalue weighted by Gasteiger charge is -2.29. The molecular weight excluding hydrogens is 294 g/mol. The fraction of sp³-hybridized carbons (Fsp3) is 0.562. The molecule has 0 spiro atoms. The number of aromatic nitrogens is 3. The Morgan fingerprint density at radius 3 is 2.91 bits per heavy atom. The molecule has 1 saturated heterocycles. The number of fused-ring (bicyclic) bond motifs is 2. The monoisotopic (exact) mass is 315 g/mol. The van der Waals surface area contributed by atoms with Crippen molar-refractivity contribution in [2.24, 2.45) is 17.8 Å². The Morgan fingerprint density at radius 2 is 2.22 bits per heavy atom. The Kier molecular flexibility index (Phi) is 3.26. The van der Waals surface area contributed by atoms with E-state index < -0.39 is 0 Å². The maximum Gasteiger partial charge on any atom is 0.248 e. The average Bonchev–Trinajstić information content (AvgIpc) is 2.97. The van der Waals surface area contributed by atoms with Crippen molar-refractivity contribution >= 4 is 22.8 Å². The van der Waals surface area contributed by atoms with E-state index in [4.69, 9.17) is 5.11 Å². The van der Waals surface area contributed by atoms with Gasteiger partial charge in [0.1, 0.15) is 24.4 Å². The highest BCUT2D eigenvalue weighted by Crippen LogP contribution is 2.54. The molecule has 2 N–H and O–H groups in total. The number of aliphatic hydroxyl groups excluding tert-OH is 1. The highest BCUT2D eigenvalue weighted by atomic mass is 16.3. The number of carbonyl (C=O) groups is 1. The molecule has 7 heteroatoms. The van der Waals surface area contributed by atoms with Gasteiger partial charge in [-0.25, -0.2) is 9.97 Å². The van der Waals surface area contributed by atoms with Gasteiger partial charge in [-0.15, -0.1) is 0 Å². The minimum Gasteiger partial charge on any atom is -0.387 e. The largest absolute Gasteiger partial charge is 0.387 e. The van der Waals surface area contributed by atoms with E-state index in [0.29, 0.717) is 23.8 Å². The van der Waals surface area contributed by atoms with Crippen molar-refractivity contribution in [2.75, 3.05) is 31.6 Å². The zero-order chi connectivity index (χ0) is 16.1. The summed E-state index contributed by atoms with van der Waals surface area (Å²) in [5.74, 6) is 2.46. The highest BCUT2D eigenvalue weighted by Gasteiger charge is 2.59. The minimum atomic E-state index is -0.383. The fourth-order valence-electron chi connectivity index (χ4n) is 4.18. The third-order valence-corrected chi connectivity index (χ3v) is 5.58. The van der Waals surface area contributed by atoms with Gasteiger partial charge in [0.05, 0.1) is 5.39 Å². The molecule has 122 valence electrons. The number of carbonyl (C=O) groups excluding carboxylic acids is 1. The lowest BCUT2D eigenvalue weighted by atomic mass is 10.1. The molecule has 1 amide bonds. The number of aromatic amines is 1. The molecule has 7 nitrogen and oxygen atoms in total. The maximum atomic E-state index is 11.6. The first-order valence-electron chi connectivity index (χ1n) is 8.01. The van der Waals surface area contributed by atoms with Crippen molar-refractivity contribution in [3.05, 3.63) is 18.6 Å². The molecule has 4 atom stereocenters. The number of nitrogens with one attached hydrogen (secondary N) is 1. The predicted octanol–water partition coefficient (Wildman–Crippen LogP) is 0.479. The minimum absolute atomic E-state index is 0.151. The lowest BCUT2D eigenvalue weighted by Crippen LogP contribution is -2.38. The third kappa shape index (κ3) is 2.18. The van der Waals surface area contributed by atoms with E-state index in [-0.39, 0.29) is 12.5 Å². The van der Waals surface area contributed by atoms with Crippen molar-refractivity contribution in [3.63, 3.8) is 0 Å². The summed E-state index contributed by atoms with van der Waals surface area (Å²) in [5, 5.41) is 10.0. The van der Waals surface area contributed by atoms with Crippen molar-refractivity contribution in [3.8, 4) is 0 Å². The standard InChI is InChI=1S/C16H21N5O2/c1-9(14-11-5-21(6-12(11)14)13(23)7-22)20(2)16-10-3-4-17-15(10)18-8-19-16/h3-4,8-9,11-12,14,22H,5-7H2,1-2H3,(H,17,18,19)/t9?,11-,12+,14+. The molecule has 2 aromatic rings. The predicted molar refractivity (Wildman–Crippen MR) is 85.9 cm³/mol. The van der Waals surface area contributed by atoms with E-state index in [1.165, 1.54) is 0 Å². The van der Waals surface area contributed by atoms with E-state index >= 15 is 0 Å². The van der Waals surface area contributed by atoms with Crippen molar-refractivity contribution in [2.45, 2.75) is 13.0 Å². The molecule has 1 aliphatic heterocycles. The van der Waals surface area contributed by atoms with E-state index in [1.807, 2.05) is 12.3 Å². The summed E-state index contributed by atoms with van der Waals surface area (Å²) in [6.07, 6.45) is 3.47. The zero-order valence-corrected chi connectivity index (χ0v) is 13.3. The lowest BCUT2D eigenvalue weighted by molar-refractivity contribution is -0.133. The molecule has 0 bridgehead atoms. The summed E-state index contributed by atoms with van der Waals surface area (Å²) in [6, 6.07) is 2.35. The van der Waals surface area contributed by atoms with E-state index in [1.54, 1.807) is 11.2 Å². The SMILES string of the molecule is CC([C@H]1[C@@H]2CN(C(=O)CO)C[C@@H]21)N(C)c1ncnc2[nH]ccc12. The average molecular weight is 315 g/mol. The Morgan fingerprint density at radius 1 is 1.48 bits per heavy atom. The second kappa shape index (κ2) is 5.19. The van der Waals surface area contributed by atoms with Crippen LogP contribution in [0.4, 0.5) is 5.82 Å². The van der Waals surface area contributed by atoms with Crippen molar-refractivity contribution in [1.82, 2.24) is 19.9 Å². The Labute approximate surface area is 134 Å². The zero-order valence-electron chi connectivity index (χ0n) is 13.3. The van der Waals surface area contributed by atoms with Gasteiger partial charge in [0.2, 0.25) is 5.91 Å². The molecule has 1 saturated carbocycles. The smallest absolute Gasteiger partial charge is 0.248 e. The first-order valence-corrected chi connectivity index (χ1v) is 8.01. The quantitative estimate of drug-likeness (QED) is 0.857. The first-order chi connectivity index (χ1) is 11.1. The third-order valence-electron chi connectivity index (χ3n) is 5.58. The van der Waals surface area contributed by atoms with Crippen LogP contribution in [0.2, 0.25) is 0 Å². The van der Waals surface area contributed by atoms with Gasteiger partial charge in [0, 0.05) is 32.4 Å². The summed E-state index contributed by atoms with van der Waals surface area (Å²) in [7, 11) is 2.07. The Balaban J connectivity index is 1.48. The number of rotatable bonds is 4. The van der Waals surface area contributed by atoms with Crippen LogP contribution in [-0.2, 0) is 4.79 Å². The molecule has 4 rings (SSSR count). The molecule has 1 unspecified atom stereocenters. The first kappa shape index (κ1) is 14.4. The molecule has 0 radical (unpaired) electrons. The second-order valence-electron chi connectivity index (χ2n) is 6.65. The number of H-pyrrole nitrogens is 1. The van der Waals surface area contributed by atoms with Gasteiger partial charge in [-0.1, -0.05) is 0 Å². The van der Waals surface area contributed by atoms with E-state index in [2.05, 4.69) is 33.8 Å². The topological polar surface area (TPSA) is 85.3 Å². The van der Waals surface area contributed by atoms with Crippen LogP contribution in [0.3, 0.4) is 0 Å². The van der Waals surface area contributed by atoms with Crippen LogP contribution in [0.1, 0.15) is 6.92 Å². The number of likely N-dealkylation sites (tertiary alicyclic amines) is 1. The second-order valence-corrected chi connectivity index (χ2v) is 6.65. The summed E-state index contributed by atoms with van der Waals surface area (Å²) in [6.45, 7) is 3.39. The van der Waals surface area contributed by atoms with Gasteiger partial charge in [-0.05, 0) is 30.7 Å². The van der Waals surface area contributed by atoms with Gasteiger partial charge in [0.15, 0.2) is 0 Å². The van der Waals surface area contributed by atoms with E-state index in [9.17, 15) is 4.79 Å².